The lowest BCUT2D eigenvalue weighted by Crippen LogP contribution is -2.41. The highest BCUT2D eigenvalue weighted by molar-refractivity contribution is 9.10. The van der Waals surface area contributed by atoms with Crippen molar-refractivity contribution in [3.8, 4) is 0 Å². The summed E-state index contributed by atoms with van der Waals surface area (Å²) in [6.07, 6.45) is 2.73. The summed E-state index contributed by atoms with van der Waals surface area (Å²) in [7, 11) is 1.99. The average Bonchev–Trinajstić information content (AvgIpc) is 2.42. The normalized spacial score (nSPS) is 15.8. The summed E-state index contributed by atoms with van der Waals surface area (Å²) < 4.78 is 1.02. The molecule has 5 heteroatoms. The van der Waals surface area contributed by atoms with Crippen LogP contribution >= 0.6 is 28.3 Å². The van der Waals surface area contributed by atoms with Gasteiger partial charge in [-0.05, 0) is 44.0 Å². The van der Waals surface area contributed by atoms with Crippen molar-refractivity contribution in [3.63, 3.8) is 0 Å². The number of hydrogen-bond donors (Lipinski definition) is 1. The van der Waals surface area contributed by atoms with E-state index in [-0.39, 0.29) is 18.3 Å². The molecule has 0 atom stereocenters. The van der Waals surface area contributed by atoms with Gasteiger partial charge in [-0.2, -0.15) is 0 Å². The number of carbonyl (C=O) groups excluding carboxylic acids is 1. The molecule has 1 fully saturated rings. The number of halogens is 2. The van der Waals surface area contributed by atoms with Crippen LogP contribution < -0.4 is 5.32 Å². The fourth-order valence-corrected chi connectivity index (χ4v) is 3.02. The van der Waals surface area contributed by atoms with Crippen molar-refractivity contribution in [3.05, 3.63) is 34.3 Å². The predicted molar refractivity (Wildman–Crippen MR) is 88.3 cm³/mol. The quantitative estimate of drug-likeness (QED) is 0.894. The minimum Gasteiger partial charge on any atom is -0.342 e. The lowest BCUT2D eigenvalue weighted by atomic mass is 9.96. The minimum atomic E-state index is 0. The van der Waals surface area contributed by atoms with Gasteiger partial charge >= 0.3 is 0 Å². The number of nitrogens with one attached hydrogen (secondary N) is 1. The van der Waals surface area contributed by atoms with Crippen molar-refractivity contribution in [1.82, 2.24) is 10.2 Å². The Labute approximate surface area is 135 Å². The topological polar surface area (TPSA) is 32.3 Å². The number of rotatable bonds is 4. The fraction of sp³-hybridized carbons (Fsp3) is 0.533. The Balaban J connectivity index is 0.00000200. The third-order valence-electron chi connectivity index (χ3n) is 3.76. The average molecular weight is 362 g/mol. The molecule has 0 aliphatic carbocycles. The Bertz CT molecular complexity index is 434. The van der Waals surface area contributed by atoms with E-state index >= 15 is 0 Å². The van der Waals surface area contributed by atoms with Crippen LogP contribution in [0.3, 0.4) is 0 Å². The van der Waals surface area contributed by atoms with Gasteiger partial charge in [0.05, 0.1) is 6.42 Å². The number of benzene rings is 1. The summed E-state index contributed by atoms with van der Waals surface area (Å²) in [5, 5.41) is 3.22. The molecular formula is C15H22BrClN2O. The largest absolute Gasteiger partial charge is 0.342 e. The molecule has 1 aromatic rings. The summed E-state index contributed by atoms with van der Waals surface area (Å²) in [6.45, 7) is 2.86. The van der Waals surface area contributed by atoms with Gasteiger partial charge < -0.3 is 10.2 Å². The van der Waals surface area contributed by atoms with Crippen LogP contribution in [-0.4, -0.2) is 37.5 Å². The van der Waals surface area contributed by atoms with E-state index in [0.29, 0.717) is 6.42 Å². The van der Waals surface area contributed by atoms with Crippen molar-refractivity contribution in [2.24, 2.45) is 5.92 Å². The first kappa shape index (κ1) is 17.5. The highest BCUT2D eigenvalue weighted by atomic mass is 79.9. The number of carbonyl (C=O) groups is 1. The number of amides is 1. The first-order chi connectivity index (χ1) is 9.20. The number of hydrogen-bond acceptors (Lipinski definition) is 2. The molecule has 1 heterocycles. The van der Waals surface area contributed by atoms with Gasteiger partial charge in [-0.25, -0.2) is 0 Å². The third-order valence-corrected chi connectivity index (χ3v) is 4.53. The Hall–Kier alpha value is -0.580. The van der Waals surface area contributed by atoms with E-state index < -0.39 is 0 Å². The van der Waals surface area contributed by atoms with Crippen molar-refractivity contribution >= 4 is 34.2 Å². The SMILES string of the molecule is CNCC1CCN(C(=O)Cc2ccccc2Br)CC1.Cl. The summed E-state index contributed by atoms with van der Waals surface area (Å²) in [5.41, 5.74) is 1.07. The second kappa shape index (κ2) is 8.65. The highest BCUT2D eigenvalue weighted by Gasteiger charge is 2.22. The van der Waals surface area contributed by atoms with Gasteiger partial charge in [0.2, 0.25) is 5.91 Å². The van der Waals surface area contributed by atoms with Gasteiger partial charge in [0.15, 0.2) is 0 Å². The number of likely N-dealkylation sites (tertiary alicyclic amines) is 1. The molecule has 0 unspecified atom stereocenters. The van der Waals surface area contributed by atoms with Gasteiger partial charge in [0.25, 0.3) is 0 Å². The third kappa shape index (κ3) is 4.76. The molecule has 0 spiro atoms. The van der Waals surface area contributed by atoms with E-state index in [1.807, 2.05) is 36.2 Å². The second-order valence-electron chi connectivity index (χ2n) is 5.15. The molecule has 1 aliphatic heterocycles. The first-order valence-corrected chi connectivity index (χ1v) is 7.65. The molecule has 3 nitrogen and oxygen atoms in total. The smallest absolute Gasteiger partial charge is 0.227 e. The molecule has 1 N–H and O–H groups in total. The maximum atomic E-state index is 12.3. The summed E-state index contributed by atoms with van der Waals surface area (Å²) in [4.78, 5) is 14.3. The van der Waals surface area contributed by atoms with Crippen molar-refractivity contribution in [2.75, 3.05) is 26.7 Å². The number of nitrogens with zero attached hydrogens (tertiary/aromatic N) is 1. The molecule has 1 amide bonds. The van der Waals surface area contributed by atoms with Gasteiger partial charge in [0, 0.05) is 17.6 Å². The zero-order valence-corrected chi connectivity index (χ0v) is 14.2. The van der Waals surface area contributed by atoms with Crippen LogP contribution in [0.25, 0.3) is 0 Å². The van der Waals surface area contributed by atoms with Gasteiger partial charge in [-0.3, -0.25) is 4.79 Å². The van der Waals surface area contributed by atoms with E-state index in [4.69, 9.17) is 0 Å². The monoisotopic (exact) mass is 360 g/mol. The standard InChI is InChI=1S/C15H21BrN2O.ClH/c1-17-11-12-6-8-18(9-7-12)15(19)10-13-4-2-3-5-14(13)16;/h2-5,12,17H,6-11H2,1H3;1H. The van der Waals surface area contributed by atoms with Crippen LogP contribution in [-0.2, 0) is 11.2 Å². The molecule has 2 rings (SSSR count). The molecule has 0 bridgehead atoms. The molecule has 20 heavy (non-hydrogen) atoms. The Kier molecular flexibility index (Phi) is 7.56. The van der Waals surface area contributed by atoms with E-state index in [1.165, 1.54) is 0 Å². The first-order valence-electron chi connectivity index (χ1n) is 6.86. The Morgan fingerprint density at radius 2 is 2.00 bits per heavy atom. The fourth-order valence-electron chi connectivity index (χ4n) is 2.59. The van der Waals surface area contributed by atoms with Crippen LogP contribution in [0, 0.1) is 5.92 Å². The van der Waals surface area contributed by atoms with E-state index in [9.17, 15) is 4.79 Å². The summed E-state index contributed by atoms with van der Waals surface area (Å²) in [6, 6.07) is 7.95. The molecule has 1 aromatic carbocycles. The van der Waals surface area contributed by atoms with Crippen LogP contribution in [0.15, 0.2) is 28.7 Å². The lowest BCUT2D eigenvalue weighted by Gasteiger charge is -2.32. The lowest BCUT2D eigenvalue weighted by molar-refractivity contribution is -0.131. The van der Waals surface area contributed by atoms with Crippen molar-refractivity contribution < 1.29 is 4.79 Å². The van der Waals surface area contributed by atoms with Gasteiger partial charge in [0.1, 0.15) is 0 Å². The molecule has 112 valence electrons. The summed E-state index contributed by atoms with van der Waals surface area (Å²) in [5.74, 6) is 0.965. The van der Waals surface area contributed by atoms with Crippen molar-refractivity contribution in [1.29, 1.82) is 0 Å². The molecule has 1 saturated heterocycles. The molecular weight excluding hydrogens is 340 g/mol. The molecule has 1 aliphatic rings. The maximum Gasteiger partial charge on any atom is 0.227 e. The van der Waals surface area contributed by atoms with Crippen LogP contribution in [0.4, 0.5) is 0 Å². The molecule has 0 aromatic heterocycles. The van der Waals surface area contributed by atoms with E-state index in [0.717, 1.165) is 48.4 Å². The van der Waals surface area contributed by atoms with E-state index in [1.54, 1.807) is 0 Å². The van der Waals surface area contributed by atoms with Crippen LogP contribution in [0.1, 0.15) is 18.4 Å². The van der Waals surface area contributed by atoms with Gasteiger partial charge in [-0.15, -0.1) is 12.4 Å². The predicted octanol–water partition coefficient (Wildman–Crippen LogP) is 2.87. The maximum absolute atomic E-state index is 12.3. The zero-order valence-electron chi connectivity index (χ0n) is 11.8. The van der Waals surface area contributed by atoms with Crippen molar-refractivity contribution in [2.45, 2.75) is 19.3 Å². The zero-order chi connectivity index (χ0) is 13.7. The Morgan fingerprint density at radius 1 is 1.35 bits per heavy atom. The van der Waals surface area contributed by atoms with Gasteiger partial charge in [-0.1, -0.05) is 34.1 Å². The molecule has 0 radical (unpaired) electrons. The Morgan fingerprint density at radius 3 is 2.60 bits per heavy atom. The number of piperidine rings is 1. The molecule has 0 saturated carbocycles. The van der Waals surface area contributed by atoms with E-state index in [2.05, 4.69) is 21.2 Å². The second-order valence-corrected chi connectivity index (χ2v) is 6.00. The van der Waals surface area contributed by atoms with Crippen LogP contribution in [0.2, 0.25) is 0 Å². The van der Waals surface area contributed by atoms with Crippen LogP contribution in [0.5, 0.6) is 0 Å². The highest BCUT2D eigenvalue weighted by Crippen LogP contribution is 2.20. The summed E-state index contributed by atoms with van der Waals surface area (Å²) >= 11 is 3.50. The minimum absolute atomic E-state index is 0.